The van der Waals surface area contributed by atoms with Crippen molar-refractivity contribution in [1.29, 1.82) is 0 Å². The Bertz CT molecular complexity index is 337. The first-order valence-electron chi connectivity index (χ1n) is 4.27. The Kier molecular flexibility index (Phi) is 8.88. The fraction of sp³-hybridized carbons (Fsp3) is 0.273. The first kappa shape index (κ1) is 17.0. The quantitative estimate of drug-likeness (QED) is 0.287. The van der Waals surface area contributed by atoms with Gasteiger partial charge in [0.2, 0.25) is 0 Å². The number of nitrogens with zero attached hydrogens (tertiary/aromatic N) is 1. The molecule has 0 saturated heterocycles. The molecule has 1 rings (SSSR count). The van der Waals surface area contributed by atoms with E-state index in [4.69, 9.17) is 10.9 Å². The van der Waals surface area contributed by atoms with E-state index in [1.54, 1.807) is 0 Å². The van der Waals surface area contributed by atoms with E-state index >= 15 is 0 Å². The number of benzene rings is 1. The van der Waals surface area contributed by atoms with Crippen LogP contribution in [0.25, 0.3) is 0 Å². The number of nitrogens with two attached hydrogens (primary N) is 1. The summed E-state index contributed by atoms with van der Waals surface area (Å²) < 4.78 is 0. The summed E-state index contributed by atoms with van der Waals surface area (Å²) in [6.07, 6.45) is 0.887. The molecule has 0 aliphatic carbocycles. The minimum Gasteiger partial charge on any atom is -0.409 e. The molecule has 1 radical (unpaired) electrons. The van der Waals surface area contributed by atoms with Crippen LogP contribution in [0, 0.1) is 14.4 Å². The van der Waals surface area contributed by atoms with Gasteiger partial charge in [-0.05, 0) is 24.5 Å². The van der Waals surface area contributed by atoms with Crippen LogP contribution in [-0.2, 0) is 39.1 Å². The van der Waals surface area contributed by atoms with Crippen LogP contribution in [-0.4, -0.2) is 11.0 Å². The van der Waals surface area contributed by atoms with Crippen molar-refractivity contribution < 1.29 is 37.9 Å². The Morgan fingerprint density at radius 3 is 2.53 bits per heavy atom. The molecule has 0 heterocycles. The first-order valence-corrected chi connectivity index (χ1v) is 4.27. The van der Waals surface area contributed by atoms with Crippen molar-refractivity contribution in [3.63, 3.8) is 0 Å². The molecule has 0 spiro atoms. The summed E-state index contributed by atoms with van der Waals surface area (Å²) in [6, 6.07) is 5.79. The topological polar surface area (TPSA) is 58.6 Å². The molecule has 0 fully saturated rings. The number of oxime groups is 1. The summed E-state index contributed by atoms with van der Waals surface area (Å²) in [7, 11) is 0. The van der Waals surface area contributed by atoms with Gasteiger partial charge in [-0.15, -0.1) is 0 Å². The van der Waals surface area contributed by atoms with Crippen LogP contribution in [0.15, 0.2) is 23.4 Å². The van der Waals surface area contributed by atoms with Gasteiger partial charge in [0.05, 0.1) is 0 Å². The van der Waals surface area contributed by atoms with Crippen LogP contribution >= 0.6 is 0 Å². The van der Waals surface area contributed by atoms with E-state index in [1.807, 2.05) is 25.1 Å². The third kappa shape index (κ3) is 3.92. The van der Waals surface area contributed by atoms with Gasteiger partial charge in [0.15, 0.2) is 5.84 Å². The van der Waals surface area contributed by atoms with Gasteiger partial charge >= 0.3 is 0 Å². The molecule has 15 heavy (non-hydrogen) atoms. The number of aryl methyl sites for hydroxylation is 1. The Morgan fingerprint density at radius 2 is 2.07 bits per heavy atom. The molecule has 0 aliphatic heterocycles. The van der Waals surface area contributed by atoms with E-state index < -0.39 is 0 Å². The average molecular weight is 282 g/mol. The molecule has 0 bridgehead atoms. The predicted molar refractivity (Wildman–Crippen MR) is 59.5 cm³/mol. The largest absolute Gasteiger partial charge is 0.409 e. The Labute approximate surface area is 117 Å². The SMILES string of the molecule is CCc1c(C)cccc1/C(N)=N\O.[CH3-].[Y]. The minimum absolute atomic E-state index is 0. The van der Waals surface area contributed by atoms with Crippen LogP contribution < -0.4 is 5.73 Å². The second-order valence-corrected chi connectivity index (χ2v) is 2.94. The van der Waals surface area contributed by atoms with E-state index in [-0.39, 0.29) is 46.0 Å². The van der Waals surface area contributed by atoms with Crippen LogP contribution in [0.5, 0.6) is 0 Å². The molecule has 0 amide bonds. The predicted octanol–water partition coefficient (Wildman–Crippen LogP) is 2.10. The fourth-order valence-electron chi connectivity index (χ4n) is 1.47. The minimum atomic E-state index is 0. The molecule has 4 heteroatoms. The number of amidine groups is 1. The zero-order valence-corrected chi connectivity index (χ0v) is 12.3. The molecule has 1 aromatic carbocycles. The van der Waals surface area contributed by atoms with Crippen molar-refractivity contribution in [3.8, 4) is 0 Å². The summed E-state index contributed by atoms with van der Waals surface area (Å²) in [5.41, 5.74) is 8.67. The van der Waals surface area contributed by atoms with Gasteiger partial charge in [-0.1, -0.05) is 30.3 Å². The van der Waals surface area contributed by atoms with E-state index in [0.717, 1.165) is 17.5 Å². The average Bonchev–Trinajstić information content (AvgIpc) is 2.16. The van der Waals surface area contributed by atoms with Crippen LogP contribution in [0.1, 0.15) is 23.6 Å². The van der Waals surface area contributed by atoms with Gasteiger partial charge in [-0.3, -0.25) is 0 Å². The maximum atomic E-state index is 8.56. The molecular weight excluding hydrogens is 265 g/mol. The molecule has 3 N–H and O–H groups in total. The Balaban J connectivity index is 0. The van der Waals surface area contributed by atoms with Crippen molar-refractivity contribution >= 4 is 5.84 Å². The van der Waals surface area contributed by atoms with E-state index in [1.165, 1.54) is 5.56 Å². The van der Waals surface area contributed by atoms with Gasteiger partial charge in [-0.2, -0.15) is 0 Å². The Morgan fingerprint density at radius 1 is 1.47 bits per heavy atom. The van der Waals surface area contributed by atoms with Crippen molar-refractivity contribution in [2.45, 2.75) is 20.3 Å². The van der Waals surface area contributed by atoms with Crippen molar-refractivity contribution in [2.24, 2.45) is 10.9 Å². The van der Waals surface area contributed by atoms with Crippen LogP contribution in [0.3, 0.4) is 0 Å². The van der Waals surface area contributed by atoms with E-state index in [2.05, 4.69) is 12.1 Å². The number of hydrogen-bond acceptors (Lipinski definition) is 2. The second-order valence-electron chi connectivity index (χ2n) is 2.94. The Hall–Kier alpha value is -0.406. The molecular formula is C11H17N2OY-. The normalized spacial score (nSPS) is 10.1. The number of hydrogen-bond donors (Lipinski definition) is 2. The molecule has 0 unspecified atom stereocenters. The molecule has 0 aromatic heterocycles. The first-order chi connectivity index (χ1) is 6.20. The maximum absolute atomic E-state index is 8.56. The van der Waals surface area contributed by atoms with Gasteiger partial charge < -0.3 is 18.4 Å². The maximum Gasteiger partial charge on any atom is 0.170 e. The summed E-state index contributed by atoms with van der Waals surface area (Å²) in [6.45, 7) is 4.07. The number of rotatable bonds is 2. The van der Waals surface area contributed by atoms with Crippen molar-refractivity contribution in [1.82, 2.24) is 0 Å². The summed E-state index contributed by atoms with van der Waals surface area (Å²) in [5.74, 6) is 0.181. The standard InChI is InChI=1S/C10H14N2O.CH3.Y/c1-3-8-7(2)5-4-6-9(8)10(11)12-13;;/h4-6,13H,3H2,1-2H3,(H2,11,12);1H3;/q;-1;. The summed E-state index contributed by atoms with van der Waals surface area (Å²) >= 11 is 0. The third-order valence-corrected chi connectivity index (χ3v) is 2.15. The third-order valence-electron chi connectivity index (χ3n) is 2.15. The fourth-order valence-corrected chi connectivity index (χ4v) is 1.47. The molecule has 0 atom stereocenters. The molecule has 1 aromatic rings. The van der Waals surface area contributed by atoms with Crippen LogP contribution in [0.4, 0.5) is 0 Å². The van der Waals surface area contributed by atoms with Gasteiger partial charge in [0, 0.05) is 38.3 Å². The van der Waals surface area contributed by atoms with Crippen LogP contribution in [0.2, 0.25) is 0 Å². The monoisotopic (exact) mass is 282 g/mol. The molecule has 0 saturated carbocycles. The van der Waals surface area contributed by atoms with Gasteiger partial charge in [0.1, 0.15) is 0 Å². The van der Waals surface area contributed by atoms with Crippen molar-refractivity contribution in [2.75, 3.05) is 0 Å². The van der Waals surface area contributed by atoms with Gasteiger partial charge in [0.25, 0.3) is 0 Å². The zero-order chi connectivity index (χ0) is 9.84. The summed E-state index contributed by atoms with van der Waals surface area (Å²) in [5, 5.41) is 11.6. The van der Waals surface area contributed by atoms with Crippen molar-refractivity contribution in [3.05, 3.63) is 42.3 Å². The van der Waals surface area contributed by atoms with E-state index in [0.29, 0.717) is 0 Å². The van der Waals surface area contributed by atoms with Gasteiger partial charge in [-0.25, -0.2) is 0 Å². The summed E-state index contributed by atoms with van der Waals surface area (Å²) in [4.78, 5) is 0. The molecule has 3 nitrogen and oxygen atoms in total. The second kappa shape index (κ2) is 7.83. The van der Waals surface area contributed by atoms with E-state index in [9.17, 15) is 0 Å². The smallest absolute Gasteiger partial charge is 0.170 e. The molecule has 81 valence electrons. The molecule has 0 aliphatic rings. The zero-order valence-electron chi connectivity index (χ0n) is 9.49.